The smallest absolute Gasteiger partial charge is 0.182 e. The SMILES string of the molecule is Clc1cccc(OCc2cccc(-c3nc4c5cn[nH]c5ncn4n3)c2)c1Cl. The van der Waals surface area contributed by atoms with E-state index in [1.54, 1.807) is 35.2 Å². The second-order valence-electron chi connectivity index (χ2n) is 6.12. The summed E-state index contributed by atoms with van der Waals surface area (Å²) in [6.07, 6.45) is 3.30. The van der Waals surface area contributed by atoms with Crippen LogP contribution < -0.4 is 4.74 Å². The average molecular weight is 411 g/mol. The average Bonchev–Trinajstić information content (AvgIpc) is 3.35. The number of aromatic amines is 1. The van der Waals surface area contributed by atoms with Crippen LogP contribution in [0.5, 0.6) is 5.75 Å². The van der Waals surface area contributed by atoms with Crippen LogP contribution in [0.3, 0.4) is 0 Å². The predicted molar refractivity (Wildman–Crippen MR) is 107 cm³/mol. The standard InChI is InChI=1S/C19H12Cl2N6O/c20-14-5-2-6-15(16(14)21)28-9-11-3-1-4-12(7-11)17-24-19-13-8-23-25-18(13)22-10-27(19)26-17/h1-8,10H,9H2,(H,23,25). The number of nitrogens with one attached hydrogen (secondary N) is 1. The highest BCUT2D eigenvalue weighted by Crippen LogP contribution is 2.32. The molecule has 0 spiro atoms. The summed E-state index contributed by atoms with van der Waals surface area (Å²) in [6, 6.07) is 13.1. The summed E-state index contributed by atoms with van der Waals surface area (Å²) in [4.78, 5) is 8.91. The minimum absolute atomic E-state index is 0.342. The lowest BCUT2D eigenvalue weighted by Gasteiger charge is -2.09. The third-order valence-corrected chi connectivity index (χ3v) is 5.08. The molecule has 5 rings (SSSR count). The molecule has 0 atom stereocenters. The highest BCUT2D eigenvalue weighted by molar-refractivity contribution is 6.42. The monoisotopic (exact) mass is 410 g/mol. The van der Waals surface area contributed by atoms with Gasteiger partial charge < -0.3 is 4.74 Å². The predicted octanol–water partition coefficient (Wildman–Crippen LogP) is 4.55. The minimum Gasteiger partial charge on any atom is -0.487 e. The van der Waals surface area contributed by atoms with Crippen molar-refractivity contribution in [2.24, 2.45) is 0 Å². The van der Waals surface area contributed by atoms with Gasteiger partial charge in [0.05, 0.1) is 16.6 Å². The third kappa shape index (κ3) is 2.94. The molecule has 0 saturated carbocycles. The molecule has 138 valence electrons. The molecule has 7 nitrogen and oxygen atoms in total. The van der Waals surface area contributed by atoms with Crippen LogP contribution in [0.4, 0.5) is 0 Å². The van der Waals surface area contributed by atoms with Gasteiger partial charge >= 0.3 is 0 Å². The maximum atomic E-state index is 6.18. The summed E-state index contributed by atoms with van der Waals surface area (Å²) in [6.45, 7) is 0.342. The number of hydrogen-bond donors (Lipinski definition) is 1. The van der Waals surface area contributed by atoms with Gasteiger partial charge in [0.15, 0.2) is 17.1 Å². The van der Waals surface area contributed by atoms with Crippen LogP contribution in [-0.2, 0) is 6.61 Å². The highest BCUT2D eigenvalue weighted by atomic mass is 35.5. The summed E-state index contributed by atoms with van der Waals surface area (Å²) in [5.41, 5.74) is 3.20. The molecule has 0 aliphatic carbocycles. The van der Waals surface area contributed by atoms with Crippen LogP contribution in [0, 0.1) is 0 Å². The number of nitrogens with zero attached hydrogens (tertiary/aromatic N) is 5. The fourth-order valence-electron chi connectivity index (χ4n) is 2.92. The van der Waals surface area contributed by atoms with Gasteiger partial charge in [-0.05, 0) is 23.8 Å². The van der Waals surface area contributed by atoms with Crippen molar-refractivity contribution in [3.05, 3.63) is 70.6 Å². The largest absolute Gasteiger partial charge is 0.487 e. The molecule has 0 fully saturated rings. The van der Waals surface area contributed by atoms with E-state index in [0.717, 1.165) is 16.5 Å². The van der Waals surface area contributed by atoms with Crippen molar-refractivity contribution in [3.63, 3.8) is 0 Å². The van der Waals surface area contributed by atoms with E-state index < -0.39 is 0 Å². The van der Waals surface area contributed by atoms with E-state index in [2.05, 4.69) is 25.3 Å². The Hall–Kier alpha value is -3.16. The molecule has 28 heavy (non-hydrogen) atoms. The Morgan fingerprint density at radius 1 is 1.11 bits per heavy atom. The second-order valence-corrected chi connectivity index (χ2v) is 6.91. The second kappa shape index (κ2) is 6.78. The number of hydrogen-bond acceptors (Lipinski definition) is 5. The van der Waals surface area contributed by atoms with Crippen LogP contribution in [-0.4, -0.2) is 29.8 Å². The summed E-state index contributed by atoms with van der Waals surface area (Å²) >= 11 is 12.2. The van der Waals surface area contributed by atoms with Gasteiger partial charge in [0, 0.05) is 5.56 Å². The van der Waals surface area contributed by atoms with Crippen LogP contribution in [0.15, 0.2) is 55.0 Å². The first-order valence-corrected chi connectivity index (χ1v) is 9.15. The van der Waals surface area contributed by atoms with Gasteiger partial charge in [-0.3, -0.25) is 5.10 Å². The van der Waals surface area contributed by atoms with Gasteiger partial charge in [0.1, 0.15) is 23.7 Å². The van der Waals surface area contributed by atoms with Crippen LogP contribution in [0.25, 0.3) is 28.1 Å². The van der Waals surface area contributed by atoms with E-state index in [1.165, 1.54) is 0 Å². The molecular formula is C19H12Cl2N6O. The number of H-pyrrole nitrogens is 1. The van der Waals surface area contributed by atoms with Gasteiger partial charge in [-0.1, -0.05) is 47.5 Å². The van der Waals surface area contributed by atoms with Gasteiger partial charge in [-0.2, -0.15) is 5.10 Å². The molecule has 0 unspecified atom stereocenters. The molecule has 0 amide bonds. The van der Waals surface area contributed by atoms with Crippen LogP contribution in [0.1, 0.15) is 5.56 Å². The number of halogens is 2. The van der Waals surface area contributed by atoms with Gasteiger partial charge in [-0.15, -0.1) is 5.10 Å². The number of aromatic nitrogens is 6. The van der Waals surface area contributed by atoms with E-state index in [4.69, 9.17) is 27.9 Å². The van der Waals surface area contributed by atoms with E-state index in [9.17, 15) is 0 Å². The van der Waals surface area contributed by atoms with Gasteiger partial charge in [-0.25, -0.2) is 14.5 Å². The summed E-state index contributed by atoms with van der Waals surface area (Å²) in [5.74, 6) is 1.14. The Morgan fingerprint density at radius 2 is 2.00 bits per heavy atom. The minimum atomic E-state index is 0.342. The molecule has 3 aromatic heterocycles. The first-order valence-electron chi connectivity index (χ1n) is 8.39. The molecule has 5 aromatic rings. The third-order valence-electron chi connectivity index (χ3n) is 4.28. The maximum Gasteiger partial charge on any atom is 0.182 e. The van der Waals surface area contributed by atoms with Crippen molar-refractivity contribution in [1.29, 1.82) is 0 Å². The number of ether oxygens (including phenoxy) is 1. The van der Waals surface area contributed by atoms with E-state index in [0.29, 0.717) is 39.5 Å². The summed E-state index contributed by atoms with van der Waals surface area (Å²) in [5, 5.41) is 13.0. The molecule has 0 aliphatic heterocycles. The van der Waals surface area contributed by atoms with E-state index >= 15 is 0 Å². The summed E-state index contributed by atoms with van der Waals surface area (Å²) < 4.78 is 7.46. The van der Waals surface area contributed by atoms with Crippen molar-refractivity contribution >= 4 is 39.9 Å². The molecule has 0 aliphatic rings. The Morgan fingerprint density at radius 3 is 2.93 bits per heavy atom. The van der Waals surface area contributed by atoms with Crippen molar-refractivity contribution in [3.8, 4) is 17.1 Å². The van der Waals surface area contributed by atoms with Crippen molar-refractivity contribution in [2.45, 2.75) is 6.61 Å². The Balaban J connectivity index is 1.45. The van der Waals surface area contributed by atoms with Crippen molar-refractivity contribution in [1.82, 2.24) is 29.8 Å². The van der Waals surface area contributed by atoms with E-state index in [-0.39, 0.29) is 0 Å². The fourth-order valence-corrected chi connectivity index (χ4v) is 3.27. The zero-order valence-corrected chi connectivity index (χ0v) is 15.8. The molecule has 0 radical (unpaired) electrons. The molecule has 1 N–H and O–H groups in total. The Bertz CT molecular complexity index is 1310. The van der Waals surface area contributed by atoms with E-state index in [1.807, 2.05) is 24.3 Å². The molecule has 9 heteroatoms. The van der Waals surface area contributed by atoms with Gasteiger partial charge in [0.2, 0.25) is 0 Å². The maximum absolute atomic E-state index is 6.18. The van der Waals surface area contributed by atoms with Crippen LogP contribution >= 0.6 is 23.2 Å². The Labute approximate surface area is 168 Å². The first kappa shape index (κ1) is 17.0. The fraction of sp³-hybridized carbons (Fsp3) is 0.0526. The molecule has 0 bridgehead atoms. The van der Waals surface area contributed by atoms with Crippen LogP contribution in [0.2, 0.25) is 10.0 Å². The zero-order valence-electron chi connectivity index (χ0n) is 14.3. The first-order chi connectivity index (χ1) is 13.7. The number of rotatable bonds is 4. The lowest BCUT2D eigenvalue weighted by Crippen LogP contribution is -1.96. The highest BCUT2D eigenvalue weighted by Gasteiger charge is 2.12. The topological polar surface area (TPSA) is 81.0 Å². The quantitative estimate of drug-likeness (QED) is 0.469. The number of benzene rings is 2. The zero-order chi connectivity index (χ0) is 19.1. The van der Waals surface area contributed by atoms with Gasteiger partial charge in [0.25, 0.3) is 0 Å². The number of fused-ring (bicyclic) bond motifs is 3. The molecule has 2 aromatic carbocycles. The van der Waals surface area contributed by atoms with Crippen molar-refractivity contribution < 1.29 is 4.74 Å². The van der Waals surface area contributed by atoms with Crippen molar-refractivity contribution in [2.75, 3.05) is 0 Å². The lowest BCUT2D eigenvalue weighted by atomic mass is 10.1. The normalized spacial score (nSPS) is 11.4. The Kier molecular flexibility index (Phi) is 4.11. The molecular weight excluding hydrogens is 399 g/mol. The summed E-state index contributed by atoms with van der Waals surface area (Å²) in [7, 11) is 0. The molecule has 3 heterocycles. The molecule has 0 saturated heterocycles. The lowest BCUT2D eigenvalue weighted by molar-refractivity contribution is 0.306.